The summed E-state index contributed by atoms with van der Waals surface area (Å²) in [5.41, 5.74) is 0. The van der Waals surface area contributed by atoms with Crippen LogP contribution in [0.3, 0.4) is 0 Å². The summed E-state index contributed by atoms with van der Waals surface area (Å²) in [5.74, 6) is 1.59. The van der Waals surface area contributed by atoms with Crippen LogP contribution in [0.25, 0.3) is 0 Å². The highest BCUT2D eigenvalue weighted by Crippen LogP contribution is 2.33. The molecule has 0 spiro atoms. The molecule has 0 aromatic carbocycles. The summed E-state index contributed by atoms with van der Waals surface area (Å²) in [7, 11) is 0. The van der Waals surface area contributed by atoms with Gasteiger partial charge < -0.3 is 0 Å². The van der Waals surface area contributed by atoms with Gasteiger partial charge in [0.2, 0.25) is 0 Å². The summed E-state index contributed by atoms with van der Waals surface area (Å²) < 4.78 is 0. The maximum atomic E-state index is 11.1. The Balaban J connectivity index is 2.05. The number of Topliss-reactive ketones (excluding diaryl/α,β-unsaturated/α-hetero) is 1. The van der Waals surface area contributed by atoms with E-state index < -0.39 is 0 Å². The van der Waals surface area contributed by atoms with Crippen molar-refractivity contribution in [1.82, 2.24) is 0 Å². The largest absolute Gasteiger partial charge is 0.299 e. The molecular weight excluding hydrogens is 124 g/mol. The zero-order valence-corrected chi connectivity index (χ0v) is 6.89. The fourth-order valence-corrected chi connectivity index (χ4v) is 1.04. The third kappa shape index (κ3) is 2.51. The monoisotopic (exact) mass is 140 g/mol. The van der Waals surface area contributed by atoms with E-state index >= 15 is 0 Å². The topological polar surface area (TPSA) is 17.1 Å². The molecule has 1 saturated carbocycles. The van der Waals surface area contributed by atoms with E-state index in [1.165, 1.54) is 12.8 Å². The zero-order valence-electron chi connectivity index (χ0n) is 6.89. The molecule has 0 aliphatic heterocycles. The summed E-state index contributed by atoms with van der Waals surface area (Å²) in [6.45, 7) is 3.96. The smallest absolute Gasteiger partial charge is 0.135 e. The molecule has 0 aromatic heterocycles. The van der Waals surface area contributed by atoms with Crippen molar-refractivity contribution in [3.8, 4) is 0 Å². The number of ketones is 1. The van der Waals surface area contributed by atoms with Gasteiger partial charge in [-0.2, -0.15) is 0 Å². The minimum Gasteiger partial charge on any atom is -0.299 e. The van der Waals surface area contributed by atoms with E-state index in [0.717, 1.165) is 18.8 Å². The molecule has 0 aromatic rings. The molecule has 1 nitrogen and oxygen atoms in total. The van der Waals surface area contributed by atoms with Crippen LogP contribution >= 0.6 is 0 Å². The number of carbonyl (C=O) groups excluding carboxylic acids is 1. The molecule has 0 N–H and O–H groups in total. The molecule has 10 heavy (non-hydrogen) atoms. The Morgan fingerprint density at radius 3 is 2.50 bits per heavy atom. The molecule has 1 rings (SSSR count). The summed E-state index contributed by atoms with van der Waals surface area (Å²) in [6, 6.07) is 0. The van der Waals surface area contributed by atoms with E-state index in [0.29, 0.717) is 5.78 Å². The van der Waals surface area contributed by atoms with Crippen LogP contribution in [0, 0.1) is 11.8 Å². The molecule has 1 aliphatic rings. The predicted molar refractivity (Wildman–Crippen MR) is 41.8 cm³/mol. The molecule has 0 unspecified atom stereocenters. The van der Waals surface area contributed by atoms with Crippen LogP contribution in [0.15, 0.2) is 0 Å². The van der Waals surface area contributed by atoms with Gasteiger partial charge in [0, 0.05) is 12.3 Å². The lowest BCUT2D eigenvalue weighted by Gasteiger charge is -2.01. The zero-order chi connectivity index (χ0) is 7.56. The average Bonchev–Trinajstić information content (AvgIpc) is 2.64. The van der Waals surface area contributed by atoms with Crippen LogP contribution in [0.1, 0.15) is 39.5 Å². The van der Waals surface area contributed by atoms with Crippen molar-refractivity contribution in [1.29, 1.82) is 0 Å². The van der Waals surface area contributed by atoms with Gasteiger partial charge in [0.1, 0.15) is 5.78 Å². The molecule has 1 fully saturated rings. The molecule has 58 valence electrons. The number of carbonyl (C=O) groups is 1. The van der Waals surface area contributed by atoms with Gasteiger partial charge >= 0.3 is 0 Å². The Bertz CT molecular complexity index is 123. The van der Waals surface area contributed by atoms with Gasteiger partial charge in [0.05, 0.1) is 0 Å². The van der Waals surface area contributed by atoms with Crippen LogP contribution in [0.2, 0.25) is 0 Å². The van der Waals surface area contributed by atoms with Crippen molar-refractivity contribution in [3.63, 3.8) is 0 Å². The van der Waals surface area contributed by atoms with Crippen molar-refractivity contribution in [2.45, 2.75) is 39.5 Å². The highest BCUT2D eigenvalue weighted by atomic mass is 16.1. The standard InChI is InChI=1S/C9H16O/c1-7(2)9(10)6-5-8-3-4-8/h7-8H,3-6H2,1-2H3. The summed E-state index contributed by atoms with van der Waals surface area (Å²) in [4.78, 5) is 11.1. The Kier molecular flexibility index (Phi) is 2.47. The Hall–Kier alpha value is -0.330. The summed E-state index contributed by atoms with van der Waals surface area (Å²) in [5, 5.41) is 0. The molecular formula is C9H16O. The van der Waals surface area contributed by atoms with Crippen LogP contribution in [0.5, 0.6) is 0 Å². The number of hydrogen-bond acceptors (Lipinski definition) is 1. The first kappa shape index (κ1) is 7.77. The maximum absolute atomic E-state index is 11.1. The van der Waals surface area contributed by atoms with Gasteiger partial charge in [0.15, 0.2) is 0 Å². The molecule has 0 bridgehead atoms. The first-order valence-electron chi connectivity index (χ1n) is 4.23. The number of hydrogen-bond donors (Lipinski definition) is 0. The second kappa shape index (κ2) is 3.18. The van der Waals surface area contributed by atoms with Gasteiger partial charge in [-0.25, -0.2) is 0 Å². The van der Waals surface area contributed by atoms with Crippen LogP contribution < -0.4 is 0 Å². The third-order valence-electron chi connectivity index (χ3n) is 2.14. The summed E-state index contributed by atoms with van der Waals surface area (Å²) >= 11 is 0. The quantitative estimate of drug-likeness (QED) is 0.586. The molecule has 1 aliphatic carbocycles. The van der Waals surface area contributed by atoms with Gasteiger partial charge in [-0.1, -0.05) is 26.7 Å². The fourth-order valence-electron chi connectivity index (χ4n) is 1.04. The lowest BCUT2D eigenvalue weighted by atomic mass is 10.0. The maximum Gasteiger partial charge on any atom is 0.135 e. The van der Waals surface area contributed by atoms with Crippen LogP contribution in [0.4, 0.5) is 0 Å². The molecule has 0 amide bonds. The van der Waals surface area contributed by atoms with E-state index in [1.54, 1.807) is 0 Å². The van der Waals surface area contributed by atoms with E-state index in [1.807, 2.05) is 13.8 Å². The van der Waals surface area contributed by atoms with Gasteiger partial charge in [-0.15, -0.1) is 0 Å². The molecule has 0 atom stereocenters. The highest BCUT2D eigenvalue weighted by molar-refractivity contribution is 5.80. The lowest BCUT2D eigenvalue weighted by Crippen LogP contribution is -2.06. The van der Waals surface area contributed by atoms with Crippen molar-refractivity contribution < 1.29 is 4.79 Å². The van der Waals surface area contributed by atoms with Gasteiger partial charge in [-0.05, 0) is 12.3 Å². The van der Waals surface area contributed by atoms with Crippen LogP contribution in [-0.4, -0.2) is 5.78 Å². The van der Waals surface area contributed by atoms with Crippen molar-refractivity contribution >= 4 is 5.78 Å². The minimum absolute atomic E-state index is 0.249. The Morgan fingerprint density at radius 2 is 2.10 bits per heavy atom. The van der Waals surface area contributed by atoms with Gasteiger partial charge in [0.25, 0.3) is 0 Å². The number of rotatable bonds is 4. The molecule has 0 heterocycles. The predicted octanol–water partition coefficient (Wildman–Crippen LogP) is 2.40. The Labute approximate surface area is 62.8 Å². The van der Waals surface area contributed by atoms with E-state index in [9.17, 15) is 4.79 Å². The van der Waals surface area contributed by atoms with Crippen molar-refractivity contribution in [2.24, 2.45) is 11.8 Å². The first-order chi connectivity index (χ1) is 4.70. The van der Waals surface area contributed by atoms with E-state index in [2.05, 4.69) is 0 Å². The highest BCUT2D eigenvalue weighted by Gasteiger charge is 2.22. The van der Waals surface area contributed by atoms with E-state index in [4.69, 9.17) is 0 Å². The second-order valence-corrected chi connectivity index (χ2v) is 3.60. The fraction of sp³-hybridized carbons (Fsp3) is 0.889. The molecule has 0 saturated heterocycles. The average molecular weight is 140 g/mol. The Morgan fingerprint density at radius 1 is 1.50 bits per heavy atom. The molecule has 0 radical (unpaired) electrons. The minimum atomic E-state index is 0.249. The normalized spacial score (nSPS) is 17.9. The SMILES string of the molecule is CC(C)C(=O)CCC1CC1. The lowest BCUT2D eigenvalue weighted by molar-refractivity contribution is -0.122. The third-order valence-corrected chi connectivity index (χ3v) is 2.14. The van der Waals surface area contributed by atoms with Crippen molar-refractivity contribution in [3.05, 3.63) is 0 Å². The van der Waals surface area contributed by atoms with Crippen LogP contribution in [-0.2, 0) is 4.79 Å². The molecule has 1 heteroatoms. The summed E-state index contributed by atoms with van der Waals surface area (Å²) in [6.07, 6.45) is 4.70. The van der Waals surface area contributed by atoms with E-state index in [-0.39, 0.29) is 5.92 Å². The van der Waals surface area contributed by atoms with Crippen molar-refractivity contribution in [2.75, 3.05) is 0 Å². The first-order valence-corrected chi connectivity index (χ1v) is 4.23. The van der Waals surface area contributed by atoms with Gasteiger partial charge in [-0.3, -0.25) is 4.79 Å². The second-order valence-electron chi connectivity index (χ2n) is 3.60.